The van der Waals surface area contributed by atoms with Gasteiger partial charge < -0.3 is 9.84 Å². The number of aliphatic hydroxyl groups is 1. The zero-order valence-electron chi connectivity index (χ0n) is 9.86. The summed E-state index contributed by atoms with van der Waals surface area (Å²) in [6.07, 6.45) is 0. The molecular weight excluding hydrogens is 218 g/mol. The van der Waals surface area contributed by atoms with Crippen molar-refractivity contribution in [2.75, 3.05) is 6.61 Å². The average molecular weight is 233 g/mol. The molecule has 0 fully saturated rings. The number of hydrogen-bond acceptors (Lipinski definition) is 4. The van der Waals surface area contributed by atoms with E-state index in [1.165, 1.54) is 6.92 Å². The van der Waals surface area contributed by atoms with Crippen LogP contribution in [-0.2, 0) is 9.53 Å². The molecule has 4 heteroatoms. The van der Waals surface area contributed by atoms with Crippen molar-refractivity contribution in [1.82, 2.24) is 0 Å². The molecule has 0 aliphatic rings. The number of carbonyl (C=O) groups excluding carboxylic acids is 1. The van der Waals surface area contributed by atoms with Gasteiger partial charge in [-0.3, -0.25) is 5.41 Å². The van der Waals surface area contributed by atoms with Gasteiger partial charge in [0.25, 0.3) is 0 Å². The Kier molecular flexibility index (Phi) is 4.46. The molecule has 4 nitrogen and oxygen atoms in total. The molecule has 0 aliphatic heterocycles. The standard InChI is InChI=1S/C13H15NO3/c1-3-17-13(16)11(9(2)15)12(14)10-7-5-4-6-8-10/h4-8,14-15H,3H2,1-2H3/b11-9+,14-12?. The van der Waals surface area contributed by atoms with Crippen LogP contribution < -0.4 is 0 Å². The highest BCUT2D eigenvalue weighted by molar-refractivity contribution is 6.25. The summed E-state index contributed by atoms with van der Waals surface area (Å²) in [6.45, 7) is 3.25. The van der Waals surface area contributed by atoms with Crippen molar-refractivity contribution in [3.8, 4) is 0 Å². The van der Waals surface area contributed by atoms with E-state index in [2.05, 4.69) is 0 Å². The van der Waals surface area contributed by atoms with Gasteiger partial charge in [-0.1, -0.05) is 30.3 Å². The molecule has 0 radical (unpaired) electrons. The van der Waals surface area contributed by atoms with Crippen LogP contribution in [0.5, 0.6) is 0 Å². The van der Waals surface area contributed by atoms with E-state index in [9.17, 15) is 9.90 Å². The molecule has 17 heavy (non-hydrogen) atoms. The maximum absolute atomic E-state index is 11.6. The van der Waals surface area contributed by atoms with Crippen LogP contribution in [0.1, 0.15) is 19.4 Å². The summed E-state index contributed by atoms with van der Waals surface area (Å²) in [7, 11) is 0. The summed E-state index contributed by atoms with van der Waals surface area (Å²) in [4.78, 5) is 11.6. The van der Waals surface area contributed by atoms with Crippen molar-refractivity contribution < 1.29 is 14.6 Å². The number of aliphatic hydroxyl groups excluding tert-OH is 1. The first-order chi connectivity index (χ1) is 8.07. The van der Waals surface area contributed by atoms with E-state index in [4.69, 9.17) is 10.1 Å². The molecule has 0 aromatic heterocycles. The van der Waals surface area contributed by atoms with Gasteiger partial charge in [0.1, 0.15) is 11.3 Å². The topological polar surface area (TPSA) is 70.4 Å². The largest absolute Gasteiger partial charge is 0.512 e. The Morgan fingerprint density at radius 1 is 1.35 bits per heavy atom. The fraction of sp³-hybridized carbons (Fsp3) is 0.231. The van der Waals surface area contributed by atoms with Crippen LogP contribution in [0, 0.1) is 5.41 Å². The van der Waals surface area contributed by atoms with E-state index in [-0.39, 0.29) is 23.7 Å². The average Bonchev–Trinajstić information content (AvgIpc) is 2.30. The molecule has 0 atom stereocenters. The molecule has 1 aromatic carbocycles. The van der Waals surface area contributed by atoms with Crippen LogP contribution in [0.3, 0.4) is 0 Å². The molecule has 0 bridgehead atoms. The predicted octanol–water partition coefficient (Wildman–Crippen LogP) is 2.45. The van der Waals surface area contributed by atoms with Crippen molar-refractivity contribution in [3.05, 3.63) is 47.2 Å². The zero-order chi connectivity index (χ0) is 12.8. The van der Waals surface area contributed by atoms with Crippen LogP contribution in [0.4, 0.5) is 0 Å². The number of nitrogens with one attached hydrogen (secondary N) is 1. The number of ether oxygens (including phenoxy) is 1. The maximum Gasteiger partial charge on any atom is 0.343 e. The van der Waals surface area contributed by atoms with E-state index >= 15 is 0 Å². The Labute approximate surface area is 100 Å². The second kappa shape index (κ2) is 5.84. The molecule has 2 N–H and O–H groups in total. The van der Waals surface area contributed by atoms with E-state index < -0.39 is 5.97 Å². The zero-order valence-corrected chi connectivity index (χ0v) is 9.86. The van der Waals surface area contributed by atoms with Crippen LogP contribution in [0.25, 0.3) is 0 Å². The third-order valence-corrected chi connectivity index (χ3v) is 2.15. The van der Waals surface area contributed by atoms with E-state index in [0.717, 1.165) is 0 Å². The maximum atomic E-state index is 11.6. The van der Waals surface area contributed by atoms with Gasteiger partial charge >= 0.3 is 5.97 Å². The van der Waals surface area contributed by atoms with Crippen LogP contribution >= 0.6 is 0 Å². The Morgan fingerprint density at radius 3 is 2.41 bits per heavy atom. The van der Waals surface area contributed by atoms with Gasteiger partial charge in [-0.2, -0.15) is 0 Å². The quantitative estimate of drug-likeness (QED) is 0.363. The molecule has 0 amide bonds. The Balaban J connectivity index is 3.07. The minimum atomic E-state index is -0.679. The van der Waals surface area contributed by atoms with Crippen molar-refractivity contribution in [2.45, 2.75) is 13.8 Å². The summed E-state index contributed by atoms with van der Waals surface area (Å²) in [5.74, 6) is -0.890. The lowest BCUT2D eigenvalue weighted by atomic mass is 10.0. The highest BCUT2D eigenvalue weighted by Crippen LogP contribution is 2.12. The fourth-order valence-corrected chi connectivity index (χ4v) is 1.38. The van der Waals surface area contributed by atoms with Gasteiger partial charge in [0.15, 0.2) is 0 Å². The highest BCUT2D eigenvalue weighted by atomic mass is 16.5. The second-order valence-corrected chi connectivity index (χ2v) is 3.42. The van der Waals surface area contributed by atoms with Crippen LogP contribution in [0.2, 0.25) is 0 Å². The minimum Gasteiger partial charge on any atom is -0.512 e. The first kappa shape index (κ1) is 13.0. The van der Waals surface area contributed by atoms with E-state index in [1.807, 2.05) is 6.07 Å². The number of rotatable bonds is 4. The smallest absolute Gasteiger partial charge is 0.343 e. The molecule has 0 spiro atoms. The van der Waals surface area contributed by atoms with Crippen molar-refractivity contribution in [3.63, 3.8) is 0 Å². The lowest BCUT2D eigenvalue weighted by molar-refractivity contribution is -0.138. The number of hydrogen-bond donors (Lipinski definition) is 2. The van der Waals surface area contributed by atoms with Crippen LogP contribution in [0.15, 0.2) is 41.7 Å². The molecule has 1 aromatic rings. The fourth-order valence-electron chi connectivity index (χ4n) is 1.38. The van der Waals surface area contributed by atoms with Gasteiger partial charge in [-0.05, 0) is 13.8 Å². The SMILES string of the molecule is CCOC(=O)/C(C(=N)c1ccccc1)=C(\C)O. The number of allylic oxidation sites excluding steroid dienone is 1. The normalized spacial score (nSPS) is 11.6. The van der Waals surface area contributed by atoms with Gasteiger partial charge in [-0.15, -0.1) is 0 Å². The monoisotopic (exact) mass is 233 g/mol. The Bertz CT molecular complexity index is 445. The van der Waals surface area contributed by atoms with Gasteiger partial charge in [0.2, 0.25) is 0 Å². The van der Waals surface area contributed by atoms with Crippen molar-refractivity contribution >= 4 is 11.7 Å². The highest BCUT2D eigenvalue weighted by Gasteiger charge is 2.20. The first-order valence-corrected chi connectivity index (χ1v) is 5.29. The summed E-state index contributed by atoms with van der Waals surface area (Å²) in [6, 6.07) is 8.74. The molecule has 0 saturated heterocycles. The summed E-state index contributed by atoms with van der Waals surface area (Å²) >= 11 is 0. The Morgan fingerprint density at radius 2 is 1.94 bits per heavy atom. The van der Waals surface area contributed by atoms with E-state index in [0.29, 0.717) is 5.56 Å². The first-order valence-electron chi connectivity index (χ1n) is 5.29. The molecule has 1 rings (SSSR count). The molecule has 0 unspecified atom stereocenters. The predicted molar refractivity (Wildman–Crippen MR) is 65.2 cm³/mol. The van der Waals surface area contributed by atoms with Crippen molar-refractivity contribution in [2.24, 2.45) is 0 Å². The van der Waals surface area contributed by atoms with Gasteiger partial charge in [-0.25, -0.2) is 4.79 Å². The third kappa shape index (κ3) is 3.17. The van der Waals surface area contributed by atoms with E-state index in [1.54, 1.807) is 31.2 Å². The number of carbonyl (C=O) groups is 1. The summed E-state index contributed by atoms with van der Waals surface area (Å²) in [5, 5.41) is 17.4. The van der Waals surface area contributed by atoms with Gasteiger partial charge in [0, 0.05) is 5.56 Å². The Hall–Kier alpha value is -2.10. The number of benzene rings is 1. The molecule has 0 saturated carbocycles. The third-order valence-electron chi connectivity index (χ3n) is 2.15. The summed E-state index contributed by atoms with van der Waals surface area (Å²) < 4.78 is 4.81. The second-order valence-electron chi connectivity index (χ2n) is 3.42. The molecule has 0 aliphatic carbocycles. The molecular formula is C13H15NO3. The minimum absolute atomic E-state index is 0.0379. The molecule has 0 heterocycles. The van der Waals surface area contributed by atoms with Crippen molar-refractivity contribution in [1.29, 1.82) is 5.41 Å². The lowest BCUT2D eigenvalue weighted by Gasteiger charge is -2.09. The van der Waals surface area contributed by atoms with Crippen LogP contribution in [-0.4, -0.2) is 23.4 Å². The number of esters is 1. The molecule has 90 valence electrons. The van der Waals surface area contributed by atoms with Gasteiger partial charge in [0.05, 0.1) is 12.3 Å². The summed E-state index contributed by atoms with van der Waals surface area (Å²) in [5.41, 5.74) is 0.422. The lowest BCUT2D eigenvalue weighted by Crippen LogP contribution is -2.18.